The van der Waals surface area contributed by atoms with E-state index in [-0.39, 0.29) is 5.91 Å². The molecule has 0 aromatic heterocycles. The number of nitrogens with one attached hydrogen (secondary N) is 1. The van der Waals surface area contributed by atoms with E-state index in [1.807, 2.05) is 23.1 Å². The van der Waals surface area contributed by atoms with Crippen LogP contribution in [0.1, 0.15) is 35.2 Å². The van der Waals surface area contributed by atoms with Crippen LogP contribution in [0.5, 0.6) is 0 Å². The number of rotatable bonds is 5. The van der Waals surface area contributed by atoms with Crippen LogP contribution < -0.4 is 5.32 Å². The molecule has 1 N–H and O–H groups in total. The van der Waals surface area contributed by atoms with Gasteiger partial charge in [-0.05, 0) is 42.9 Å². The van der Waals surface area contributed by atoms with E-state index in [4.69, 9.17) is 0 Å². The lowest BCUT2D eigenvalue weighted by Crippen LogP contribution is -2.34. The Morgan fingerprint density at radius 2 is 2.15 bits per heavy atom. The standard InChI is InChI=1S/C17H22N2O/c1-13(11-18-15-8-9-15)12-19-10-4-6-14-5-2-3-7-16(14)17(19)20/h2-3,5,7,15,18H,1,4,6,8-12H2. The SMILES string of the molecule is C=C(CNC1CC1)CN1CCCc2ccccc2C1=O. The third kappa shape index (κ3) is 3.10. The van der Waals surface area contributed by atoms with Crippen LogP contribution in [-0.4, -0.2) is 36.5 Å². The third-order valence-corrected chi connectivity index (χ3v) is 4.04. The molecule has 1 heterocycles. The number of hydrogen-bond donors (Lipinski definition) is 1. The molecule has 1 saturated carbocycles. The maximum Gasteiger partial charge on any atom is 0.254 e. The number of benzene rings is 1. The molecule has 0 saturated heterocycles. The highest BCUT2D eigenvalue weighted by atomic mass is 16.2. The molecular weight excluding hydrogens is 248 g/mol. The van der Waals surface area contributed by atoms with Crippen LogP contribution in [0.3, 0.4) is 0 Å². The molecular formula is C17H22N2O. The molecule has 0 atom stereocenters. The van der Waals surface area contributed by atoms with Gasteiger partial charge in [-0.25, -0.2) is 0 Å². The van der Waals surface area contributed by atoms with Gasteiger partial charge in [0.25, 0.3) is 5.91 Å². The monoisotopic (exact) mass is 270 g/mol. The second-order valence-electron chi connectivity index (χ2n) is 5.89. The quantitative estimate of drug-likeness (QED) is 0.833. The molecule has 1 aromatic rings. The summed E-state index contributed by atoms with van der Waals surface area (Å²) in [7, 11) is 0. The lowest BCUT2D eigenvalue weighted by molar-refractivity contribution is 0.0774. The second kappa shape index (κ2) is 5.80. The predicted molar refractivity (Wildman–Crippen MR) is 80.8 cm³/mol. The molecule has 1 fully saturated rings. The normalized spacial score (nSPS) is 18.6. The zero-order valence-electron chi connectivity index (χ0n) is 11.9. The molecule has 0 bridgehead atoms. The summed E-state index contributed by atoms with van der Waals surface area (Å²) >= 11 is 0. The number of amides is 1. The summed E-state index contributed by atoms with van der Waals surface area (Å²) in [6.45, 7) is 6.45. The molecule has 2 aliphatic rings. The fraction of sp³-hybridized carbons (Fsp3) is 0.471. The molecule has 1 aliphatic carbocycles. The van der Waals surface area contributed by atoms with E-state index in [0.29, 0.717) is 12.6 Å². The number of hydrogen-bond acceptors (Lipinski definition) is 2. The first-order valence-corrected chi connectivity index (χ1v) is 7.51. The second-order valence-corrected chi connectivity index (χ2v) is 5.89. The minimum absolute atomic E-state index is 0.158. The zero-order chi connectivity index (χ0) is 13.9. The van der Waals surface area contributed by atoms with Crippen molar-refractivity contribution in [3.8, 4) is 0 Å². The first-order chi connectivity index (χ1) is 9.74. The summed E-state index contributed by atoms with van der Waals surface area (Å²) < 4.78 is 0. The summed E-state index contributed by atoms with van der Waals surface area (Å²) in [5.41, 5.74) is 3.15. The van der Waals surface area contributed by atoms with Gasteiger partial charge in [-0.1, -0.05) is 24.8 Å². The summed E-state index contributed by atoms with van der Waals surface area (Å²) in [6, 6.07) is 8.66. The third-order valence-electron chi connectivity index (χ3n) is 4.04. The van der Waals surface area contributed by atoms with E-state index in [1.54, 1.807) is 0 Å². The van der Waals surface area contributed by atoms with Crippen molar-refractivity contribution in [3.05, 3.63) is 47.5 Å². The van der Waals surface area contributed by atoms with Crippen LogP contribution in [0.2, 0.25) is 0 Å². The van der Waals surface area contributed by atoms with Crippen molar-refractivity contribution >= 4 is 5.91 Å². The van der Waals surface area contributed by atoms with E-state index in [1.165, 1.54) is 18.4 Å². The Labute approximate surface area is 120 Å². The largest absolute Gasteiger partial charge is 0.335 e. The van der Waals surface area contributed by atoms with E-state index < -0.39 is 0 Å². The maximum atomic E-state index is 12.6. The molecule has 0 radical (unpaired) electrons. The molecule has 1 aromatic carbocycles. The van der Waals surface area contributed by atoms with Gasteiger partial charge in [0, 0.05) is 31.2 Å². The fourth-order valence-electron chi connectivity index (χ4n) is 2.73. The summed E-state index contributed by atoms with van der Waals surface area (Å²) in [5, 5.41) is 3.46. The van der Waals surface area contributed by atoms with Crippen molar-refractivity contribution in [1.82, 2.24) is 10.2 Å². The Morgan fingerprint density at radius 3 is 2.95 bits per heavy atom. The van der Waals surface area contributed by atoms with Crippen molar-refractivity contribution < 1.29 is 4.79 Å². The lowest BCUT2D eigenvalue weighted by Gasteiger charge is -2.22. The van der Waals surface area contributed by atoms with Gasteiger partial charge in [0.2, 0.25) is 0 Å². The van der Waals surface area contributed by atoms with E-state index >= 15 is 0 Å². The number of fused-ring (bicyclic) bond motifs is 1. The first kappa shape index (κ1) is 13.4. The van der Waals surface area contributed by atoms with Crippen LogP contribution in [0, 0.1) is 0 Å². The summed E-state index contributed by atoms with van der Waals surface area (Å²) in [5.74, 6) is 0.158. The molecule has 0 unspecified atom stereocenters. The highest BCUT2D eigenvalue weighted by molar-refractivity contribution is 5.96. The van der Waals surface area contributed by atoms with Crippen LogP contribution in [0.4, 0.5) is 0 Å². The average molecular weight is 270 g/mol. The first-order valence-electron chi connectivity index (χ1n) is 7.51. The van der Waals surface area contributed by atoms with Gasteiger partial charge < -0.3 is 10.2 Å². The van der Waals surface area contributed by atoms with Crippen molar-refractivity contribution in [2.45, 2.75) is 31.7 Å². The molecule has 106 valence electrons. The van der Waals surface area contributed by atoms with Gasteiger partial charge in [-0.15, -0.1) is 0 Å². The summed E-state index contributed by atoms with van der Waals surface area (Å²) in [4.78, 5) is 14.5. The average Bonchev–Trinajstić information content (AvgIpc) is 3.28. The van der Waals surface area contributed by atoms with Crippen molar-refractivity contribution in [2.75, 3.05) is 19.6 Å². The van der Waals surface area contributed by atoms with Gasteiger partial charge in [0.15, 0.2) is 0 Å². The highest BCUT2D eigenvalue weighted by Gasteiger charge is 2.23. The van der Waals surface area contributed by atoms with Crippen molar-refractivity contribution in [3.63, 3.8) is 0 Å². The van der Waals surface area contributed by atoms with Gasteiger partial charge in [0.1, 0.15) is 0 Å². The number of nitrogens with zero attached hydrogens (tertiary/aromatic N) is 1. The van der Waals surface area contributed by atoms with Crippen molar-refractivity contribution in [2.24, 2.45) is 0 Å². The van der Waals surface area contributed by atoms with Crippen LogP contribution in [0.15, 0.2) is 36.4 Å². The highest BCUT2D eigenvalue weighted by Crippen LogP contribution is 2.20. The molecule has 3 rings (SSSR count). The van der Waals surface area contributed by atoms with Gasteiger partial charge in [-0.3, -0.25) is 4.79 Å². The zero-order valence-corrected chi connectivity index (χ0v) is 11.9. The predicted octanol–water partition coefficient (Wildman–Crippen LogP) is 2.38. The molecule has 20 heavy (non-hydrogen) atoms. The smallest absolute Gasteiger partial charge is 0.254 e. The van der Waals surface area contributed by atoms with Gasteiger partial charge in [0.05, 0.1) is 0 Å². The fourth-order valence-corrected chi connectivity index (χ4v) is 2.73. The Bertz CT molecular complexity index is 519. The number of carbonyl (C=O) groups is 1. The molecule has 1 amide bonds. The Kier molecular flexibility index (Phi) is 3.88. The van der Waals surface area contributed by atoms with Crippen LogP contribution in [0.25, 0.3) is 0 Å². The van der Waals surface area contributed by atoms with Crippen LogP contribution >= 0.6 is 0 Å². The Morgan fingerprint density at radius 1 is 1.35 bits per heavy atom. The maximum absolute atomic E-state index is 12.6. The Hall–Kier alpha value is -1.61. The van der Waals surface area contributed by atoms with E-state index in [0.717, 1.165) is 37.1 Å². The molecule has 3 nitrogen and oxygen atoms in total. The molecule has 1 aliphatic heterocycles. The molecule has 0 spiro atoms. The summed E-state index contributed by atoms with van der Waals surface area (Å²) in [6.07, 6.45) is 4.59. The van der Waals surface area contributed by atoms with E-state index in [2.05, 4.69) is 18.0 Å². The van der Waals surface area contributed by atoms with Gasteiger partial charge in [-0.2, -0.15) is 0 Å². The van der Waals surface area contributed by atoms with Gasteiger partial charge >= 0.3 is 0 Å². The van der Waals surface area contributed by atoms with Crippen LogP contribution in [-0.2, 0) is 6.42 Å². The number of carbonyl (C=O) groups excluding carboxylic acids is 1. The minimum Gasteiger partial charge on any atom is -0.335 e. The topological polar surface area (TPSA) is 32.3 Å². The number of aryl methyl sites for hydroxylation is 1. The lowest BCUT2D eigenvalue weighted by atomic mass is 10.0. The Balaban J connectivity index is 1.64. The molecule has 3 heteroatoms. The minimum atomic E-state index is 0.158. The van der Waals surface area contributed by atoms with Crippen molar-refractivity contribution in [1.29, 1.82) is 0 Å². The van der Waals surface area contributed by atoms with E-state index in [9.17, 15) is 4.79 Å².